The van der Waals surface area contributed by atoms with Gasteiger partial charge in [0.25, 0.3) is 0 Å². The summed E-state index contributed by atoms with van der Waals surface area (Å²) >= 11 is 0. The number of nitrogens with zero attached hydrogens (tertiary/aromatic N) is 1. The maximum Gasteiger partial charge on any atom is 0.200 e. The molecule has 0 saturated carbocycles. The molecule has 72 valence electrons. The maximum atomic E-state index is 12.0. The molecule has 1 aliphatic rings. The first-order valence-corrected chi connectivity index (χ1v) is 4.91. The molecule has 3 rings (SSSR count). The van der Waals surface area contributed by atoms with Gasteiger partial charge in [-0.3, -0.25) is 4.79 Å². The molecule has 15 heavy (non-hydrogen) atoms. The standard InChI is InChI=1S/C13H10NO/c1-14-7-6-10-9-4-2-3-5-11(9)13(15)12(10)8-14/h2-8H,1H3/q+1. The zero-order valence-electron chi connectivity index (χ0n) is 8.40. The largest absolute Gasteiger partial charge is 0.288 e. The molecule has 0 saturated heterocycles. The van der Waals surface area contributed by atoms with Gasteiger partial charge in [0.1, 0.15) is 7.05 Å². The SMILES string of the molecule is C[n+]1ccc2c(c1)C(=O)c1ccccc1-2. The molecule has 1 aromatic heterocycles. The molecule has 1 aliphatic carbocycles. The van der Waals surface area contributed by atoms with Crippen molar-refractivity contribution in [3.8, 4) is 11.1 Å². The summed E-state index contributed by atoms with van der Waals surface area (Å²) in [4.78, 5) is 12.0. The normalized spacial score (nSPS) is 12.5. The highest BCUT2D eigenvalue weighted by molar-refractivity contribution is 6.21. The van der Waals surface area contributed by atoms with E-state index >= 15 is 0 Å². The summed E-state index contributed by atoms with van der Waals surface area (Å²) in [7, 11) is 1.93. The average Bonchev–Trinajstić information content (AvgIpc) is 2.54. The number of benzene rings is 1. The number of carbonyl (C=O) groups is 1. The zero-order chi connectivity index (χ0) is 10.4. The maximum absolute atomic E-state index is 12.0. The van der Waals surface area contributed by atoms with Crippen LogP contribution in [0.3, 0.4) is 0 Å². The van der Waals surface area contributed by atoms with Crippen molar-refractivity contribution in [1.82, 2.24) is 0 Å². The Bertz CT molecular complexity index is 572. The van der Waals surface area contributed by atoms with E-state index in [1.165, 1.54) is 0 Å². The van der Waals surface area contributed by atoms with Crippen molar-refractivity contribution in [1.29, 1.82) is 0 Å². The molecule has 2 nitrogen and oxygen atoms in total. The van der Waals surface area contributed by atoms with Gasteiger partial charge in [0, 0.05) is 17.2 Å². The number of carbonyl (C=O) groups excluding carboxylic acids is 1. The second-order valence-corrected chi connectivity index (χ2v) is 3.81. The molecule has 0 radical (unpaired) electrons. The third-order valence-electron chi connectivity index (χ3n) is 2.81. The fourth-order valence-corrected chi connectivity index (χ4v) is 2.07. The topological polar surface area (TPSA) is 20.9 Å². The summed E-state index contributed by atoms with van der Waals surface area (Å²) in [6.45, 7) is 0. The zero-order valence-corrected chi connectivity index (χ0v) is 8.40. The minimum atomic E-state index is 0.136. The lowest BCUT2D eigenvalue weighted by molar-refractivity contribution is -0.671. The monoisotopic (exact) mass is 196 g/mol. The molecule has 0 bridgehead atoms. The van der Waals surface area contributed by atoms with Crippen LogP contribution in [0.5, 0.6) is 0 Å². The van der Waals surface area contributed by atoms with Gasteiger partial charge in [0.05, 0.1) is 5.56 Å². The van der Waals surface area contributed by atoms with Gasteiger partial charge in [0.15, 0.2) is 18.2 Å². The van der Waals surface area contributed by atoms with E-state index in [-0.39, 0.29) is 5.78 Å². The molecule has 0 atom stereocenters. The first-order valence-electron chi connectivity index (χ1n) is 4.91. The molecule has 2 aromatic rings. The van der Waals surface area contributed by atoms with Crippen LogP contribution in [-0.2, 0) is 7.05 Å². The quantitative estimate of drug-likeness (QED) is 0.501. The Morgan fingerprint density at radius 2 is 1.60 bits per heavy atom. The Hall–Kier alpha value is -1.96. The molecule has 2 heteroatoms. The van der Waals surface area contributed by atoms with Gasteiger partial charge in [-0.25, -0.2) is 4.57 Å². The molecule has 0 unspecified atom stereocenters. The van der Waals surface area contributed by atoms with Crippen molar-refractivity contribution < 1.29 is 9.36 Å². The fourth-order valence-electron chi connectivity index (χ4n) is 2.07. The lowest BCUT2D eigenvalue weighted by Crippen LogP contribution is -2.27. The second-order valence-electron chi connectivity index (χ2n) is 3.81. The first kappa shape index (κ1) is 8.36. The predicted molar refractivity (Wildman–Crippen MR) is 56.5 cm³/mol. The van der Waals surface area contributed by atoms with Crippen LogP contribution >= 0.6 is 0 Å². The van der Waals surface area contributed by atoms with Crippen LogP contribution < -0.4 is 4.57 Å². The number of rotatable bonds is 0. The molecule has 0 spiro atoms. The number of pyridine rings is 1. The number of hydrogen-bond donors (Lipinski definition) is 0. The average molecular weight is 196 g/mol. The number of aryl methyl sites for hydroxylation is 1. The first-order chi connectivity index (χ1) is 7.27. The van der Waals surface area contributed by atoms with E-state index in [4.69, 9.17) is 0 Å². The minimum Gasteiger partial charge on any atom is -0.288 e. The summed E-state index contributed by atoms with van der Waals surface area (Å²) in [6.07, 6.45) is 3.85. The number of aromatic nitrogens is 1. The van der Waals surface area contributed by atoms with Gasteiger partial charge in [-0.15, -0.1) is 0 Å². The van der Waals surface area contributed by atoms with Gasteiger partial charge in [0.2, 0.25) is 0 Å². The van der Waals surface area contributed by atoms with E-state index in [2.05, 4.69) is 0 Å². The molecular weight excluding hydrogens is 186 g/mol. The number of fused-ring (bicyclic) bond motifs is 3. The Morgan fingerprint density at radius 3 is 2.40 bits per heavy atom. The third kappa shape index (κ3) is 1.05. The molecule has 0 aliphatic heterocycles. The molecule has 0 N–H and O–H groups in total. The van der Waals surface area contributed by atoms with E-state index < -0.39 is 0 Å². The third-order valence-corrected chi connectivity index (χ3v) is 2.81. The highest BCUT2D eigenvalue weighted by atomic mass is 16.1. The van der Waals surface area contributed by atoms with Crippen molar-refractivity contribution in [3.63, 3.8) is 0 Å². The lowest BCUT2D eigenvalue weighted by Gasteiger charge is -1.96. The molecular formula is C13H10NO+. The Balaban J connectivity index is 2.38. The molecule has 0 fully saturated rings. The van der Waals surface area contributed by atoms with Gasteiger partial charge >= 0.3 is 0 Å². The van der Waals surface area contributed by atoms with Crippen LogP contribution in [-0.4, -0.2) is 5.78 Å². The Kier molecular flexibility index (Phi) is 1.54. The molecule has 0 amide bonds. The van der Waals surface area contributed by atoms with Crippen LogP contribution in [0.2, 0.25) is 0 Å². The highest BCUT2D eigenvalue weighted by Gasteiger charge is 2.28. The minimum absolute atomic E-state index is 0.136. The van der Waals surface area contributed by atoms with E-state index in [0.29, 0.717) is 0 Å². The van der Waals surface area contributed by atoms with Crippen molar-refractivity contribution in [2.75, 3.05) is 0 Å². The van der Waals surface area contributed by atoms with Crippen LogP contribution in [0.1, 0.15) is 15.9 Å². The van der Waals surface area contributed by atoms with Crippen molar-refractivity contribution in [2.24, 2.45) is 7.05 Å². The van der Waals surface area contributed by atoms with Crippen molar-refractivity contribution >= 4 is 5.78 Å². The Morgan fingerprint density at radius 1 is 0.933 bits per heavy atom. The van der Waals surface area contributed by atoms with Gasteiger partial charge in [-0.1, -0.05) is 24.3 Å². The summed E-state index contributed by atoms with van der Waals surface area (Å²) in [6, 6.07) is 9.76. The number of ketones is 1. The van der Waals surface area contributed by atoms with Crippen molar-refractivity contribution in [2.45, 2.75) is 0 Å². The van der Waals surface area contributed by atoms with E-state index in [1.54, 1.807) is 0 Å². The van der Waals surface area contributed by atoms with E-state index in [1.807, 2.05) is 54.3 Å². The number of hydrogen-bond acceptors (Lipinski definition) is 1. The van der Waals surface area contributed by atoms with Crippen LogP contribution in [0.4, 0.5) is 0 Å². The van der Waals surface area contributed by atoms with Crippen molar-refractivity contribution in [3.05, 3.63) is 53.9 Å². The highest BCUT2D eigenvalue weighted by Crippen LogP contribution is 2.34. The van der Waals surface area contributed by atoms with E-state index in [0.717, 1.165) is 22.3 Å². The fraction of sp³-hybridized carbons (Fsp3) is 0.0769. The van der Waals surface area contributed by atoms with Gasteiger partial charge in [-0.05, 0) is 5.56 Å². The lowest BCUT2D eigenvalue weighted by atomic mass is 10.1. The van der Waals surface area contributed by atoms with Gasteiger partial charge in [-0.2, -0.15) is 0 Å². The summed E-state index contributed by atoms with van der Waals surface area (Å²) in [5.41, 5.74) is 3.73. The second kappa shape index (κ2) is 2.76. The van der Waals surface area contributed by atoms with Gasteiger partial charge < -0.3 is 0 Å². The molecule has 1 heterocycles. The summed E-state index contributed by atoms with van der Waals surface area (Å²) < 4.78 is 1.91. The van der Waals surface area contributed by atoms with Crippen LogP contribution in [0, 0.1) is 0 Å². The smallest absolute Gasteiger partial charge is 0.200 e. The van der Waals surface area contributed by atoms with Crippen LogP contribution in [0.15, 0.2) is 42.7 Å². The van der Waals surface area contributed by atoms with Crippen LogP contribution in [0.25, 0.3) is 11.1 Å². The Labute approximate surface area is 87.8 Å². The summed E-state index contributed by atoms with van der Waals surface area (Å²) in [5, 5.41) is 0. The summed E-state index contributed by atoms with van der Waals surface area (Å²) in [5.74, 6) is 0.136. The van der Waals surface area contributed by atoms with E-state index in [9.17, 15) is 4.79 Å². The predicted octanol–water partition coefficient (Wildman–Crippen LogP) is 1.72. The molecule has 1 aromatic carbocycles.